The number of hydrogen-bond acceptors (Lipinski definition) is 2. The number of carbonyl (C=O) groups is 1. The lowest BCUT2D eigenvalue weighted by atomic mass is 10.0. The van der Waals surface area contributed by atoms with E-state index in [1.807, 2.05) is 42.5 Å². The fourth-order valence-electron chi connectivity index (χ4n) is 1.93. The monoisotopic (exact) mass is 288 g/mol. The first-order chi connectivity index (χ1) is 9.66. The number of anilines is 1. The van der Waals surface area contributed by atoms with Gasteiger partial charge in [-0.1, -0.05) is 54.1 Å². The summed E-state index contributed by atoms with van der Waals surface area (Å²) >= 11 is 5.99. The molecule has 0 aromatic heterocycles. The average molecular weight is 289 g/mol. The molecule has 3 nitrogen and oxygen atoms in total. The van der Waals surface area contributed by atoms with Crippen molar-refractivity contribution in [3.63, 3.8) is 0 Å². The van der Waals surface area contributed by atoms with E-state index in [-0.39, 0.29) is 11.9 Å². The molecule has 1 unspecified atom stereocenters. The molecule has 0 aliphatic heterocycles. The van der Waals surface area contributed by atoms with Gasteiger partial charge in [0.15, 0.2) is 0 Å². The number of nitrogens with one attached hydrogen (secondary N) is 1. The number of rotatable bonds is 5. The van der Waals surface area contributed by atoms with Gasteiger partial charge >= 0.3 is 0 Å². The molecule has 0 saturated carbocycles. The highest BCUT2D eigenvalue weighted by molar-refractivity contribution is 6.33. The molecule has 0 bridgehead atoms. The number of benzene rings is 2. The van der Waals surface area contributed by atoms with Gasteiger partial charge in [-0.15, -0.1) is 0 Å². The molecule has 1 amide bonds. The van der Waals surface area contributed by atoms with Gasteiger partial charge in [0.25, 0.3) is 0 Å². The van der Waals surface area contributed by atoms with Gasteiger partial charge in [0.1, 0.15) is 0 Å². The van der Waals surface area contributed by atoms with E-state index < -0.39 is 0 Å². The van der Waals surface area contributed by atoms with Crippen molar-refractivity contribution in [3.05, 3.63) is 65.2 Å². The first-order valence-corrected chi connectivity index (χ1v) is 6.89. The summed E-state index contributed by atoms with van der Waals surface area (Å²) in [6, 6.07) is 16.8. The molecule has 0 radical (unpaired) electrons. The van der Waals surface area contributed by atoms with E-state index in [2.05, 4.69) is 5.32 Å². The molecule has 20 heavy (non-hydrogen) atoms. The van der Waals surface area contributed by atoms with Crippen LogP contribution >= 0.6 is 11.6 Å². The van der Waals surface area contributed by atoms with Crippen molar-refractivity contribution in [1.82, 2.24) is 0 Å². The van der Waals surface area contributed by atoms with Crippen LogP contribution < -0.4 is 11.1 Å². The second-order valence-corrected chi connectivity index (χ2v) is 4.99. The van der Waals surface area contributed by atoms with Gasteiger partial charge in [0, 0.05) is 12.5 Å². The number of carbonyl (C=O) groups excluding carboxylic acids is 1. The normalized spacial score (nSPS) is 11.9. The van der Waals surface area contributed by atoms with Gasteiger partial charge in [-0.05, 0) is 24.1 Å². The second-order valence-electron chi connectivity index (χ2n) is 4.58. The smallest absolute Gasteiger partial charge is 0.224 e. The Labute approximate surface area is 123 Å². The number of para-hydroxylation sites is 1. The van der Waals surface area contributed by atoms with E-state index in [4.69, 9.17) is 17.3 Å². The van der Waals surface area contributed by atoms with Crippen LogP contribution in [0.4, 0.5) is 5.69 Å². The van der Waals surface area contributed by atoms with Crippen LogP contribution in [0.25, 0.3) is 0 Å². The molecule has 0 fully saturated rings. The maximum Gasteiger partial charge on any atom is 0.224 e. The maximum absolute atomic E-state index is 11.9. The van der Waals surface area contributed by atoms with Crippen LogP contribution in [0.2, 0.25) is 5.02 Å². The van der Waals surface area contributed by atoms with Crippen LogP contribution in [0.3, 0.4) is 0 Å². The lowest BCUT2D eigenvalue weighted by Gasteiger charge is -2.12. The number of halogens is 1. The third-order valence-electron chi connectivity index (χ3n) is 3.06. The summed E-state index contributed by atoms with van der Waals surface area (Å²) in [6.07, 6.45) is 0.960. The molecular formula is C16H17ClN2O. The Kier molecular flexibility index (Phi) is 5.16. The lowest BCUT2D eigenvalue weighted by Crippen LogP contribution is -2.16. The fourth-order valence-corrected chi connectivity index (χ4v) is 2.11. The van der Waals surface area contributed by atoms with E-state index in [0.717, 1.165) is 5.56 Å². The van der Waals surface area contributed by atoms with Crippen LogP contribution in [0.1, 0.15) is 24.4 Å². The predicted molar refractivity (Wildman–Crippen MR) is 82.7 cm³/mol. The summed E-state index contributed by atoms with van der Waals surface area (Å²) in [5.74, 6) is -0.0792. The number of nitrogens with two attached hydrogens (primary N) is 1. The zero-order chi connectivity index (χ0) is 14.4. The molecule has 0 spiro atoms. The Morgan fingerprint density at radius 1 is 1.10 bits per heavy atom. The van der Waals surface area contributed by atoms with E-state index in [0.29, 0.717) is 23.6 Å². The van der Waals surface area contributed by atoms with Crippen molar-refractivity contribution in [1.29, 1.82) is 0 Å². The highest BCUT2D eigenvalue weighted by atomic mass is 35.5. The Balaban J connectivity index is 1.85. The largest absolute Gasteiger partial charge is 0.325 e. The summed E-state index contributed by atoms with van der Waals surface area (Å²) < 4.78 is 0. The minimum atomic E-state index is -0.131. The Hall–Kier alpha value is -1.84. The molecule has 104 valence electrons. The van der Waals surface area contributed by atoms with Crippen molar-refractivity contribution in [3.8, 4) is 0 Å². The standard InChI is InChI=1S/C16H17ClN2O/c17-13-8-4-5-9-15(13)19-16(20)11-10-14(18)12-6-2-1-3-7-12/h1-9,14H,10-11,18H2,(H,19,20). The van der Waals surface area contributed by atoms with Crippen LogP contribution in [0.5, 0.6) is 0 Å². The van der Waals surface area contributed by atoms with E-state index in [9.17, 15) is 4.79 Å². The van der Waals surface area contributed by atoms with E-state index in [1.165, 1.54) is 0 Å². The highest BCUT2D eigenvalue weighted by Crippen LogP contribution is 2.21. The zero-order valence-electron chi connectivity index (χ0n) is 11.1. The minimum absolute atomic E-state index is 0.0792. The van der Waals surface area contributed by atoms with Gasteiger partial charge in [0.05, 0.1) is 10.7 Å². The summed E-state index contributed by atoms with van der Waals surface area (Å²) in [6.45, 7) is 0. The quantitative estimate of drug-likeness (QED) is 0.880. The Morgan fingerprint density at radius 3 is 2.45 bits per heavy atom. The second kappa shape index (κ2) is 7.08. The van der Waals surface area contributed by atoms with Crippen molar-refractivity contribution in [2.75, 3.05) is 5.32 Å². The van der Waals surface area contributed by atoms with Gasteiger partial charge in [0.2, 0.25) is 5.91 Å². The lowest BCUT2D eigenvalue weighted by molar-refractivity contribution is -0.116. The minimum Gasteiger partial charge on any atom is -0.325 e. The Morgan fingerprint density at radius 2 is 1.75 bits per heavy atom. The van der Waals surface area contributed by atoms with Crippen LogP contribution in [0, 0.1) is 0 Å². The molecule has 0 saturated heterocycles. The summed E-state index contributed by atoms with van der Waals surface area (Å²) in [5, 5.41) is 3.33. The summed E-state index contributed by atoms with van der Waals surface area (Å²) in [7, 11) is 0. The molecule has 2 aromatic rings. The van der Waals surface area contributed by atoms with E-state index >= 15 is 0 Å². The molecule has 0 aliphatic rings. The third-order valence-corrected chi connectivity index (χ3v) is 3.39. The average Bonchev–Trinajstić information content (AvgIpc) is 2.48. The fraction of sp³-hybridized carbons (Fsp3) is 0.188. The first kappa shape index (κ1) is 14.6. The molecule has 4 heteroatoms. The van der Waals surface area contributed by atoms with Crippen molar-refractivity contribution < 1.29 is 4.79 Å². The summed E-state index contributed by atoms with van der Waals surface area (Å²) in [5.41, 5.74) is 7.73. The molecule has 2 aromatic carbocycles. The topological polar surface area (TPSA) is 55.1 Å². The SMILES string of the molecule is NC(CCC(=O)Nc1ccccc1Cl)c1ccccc1. The number of hydrogen-bond donors (Lipinski definition) is 2. The predicted octanol–water partition coefficient (Wildman–Crippen LogP) is 3.76. The maximum atomic E-state index is 11.9. The Bertz CT molecular complexity index is 572. The van der Waals surface area contributed by atoms with Crippen molar-refractivity contribution in [2.45, 2.75) is 18.9 Å². The zero-order valence-corrected chi connectivity index (χ0v) is 11.8. The van der Waals surface area contributed by atoms with Gasteiger partial charge in [-0.3, -0.25) is 4.79 Å². The van der Waals surface area contributed by atoms with E-state index in [1.54, 1.807) is 12.1 Å². The van der Waals surface area contributed by atoms with Gasteiger partial charge in [-0.2, -0.15) is 0 Å². The highest BCUT2D eigenvalue weighted by Gasteiger charge is 2.10. The van der Waals surface area contributed by atoms with Gasteiger partial charge in [-0.25, -0.2) is 0 Å². The van der Waals surface area contributed by atoms with Crippen LogP contribution in [-0.2, 0) is 4.79 Å². The first-order valence-electron chi connectivity index (χ1n) is 6.51. The van der Waals surface area contributed by atoms with Crippen molar-refractivity contribution in [2.24, 2.45) is 5.73 Å². The van der Waals surface area contributed by atoms with Crippen LogP contribution in [-0.4, -0.2) is 5.91 Å². The number of amides is 1. The molecule has 0 heterocycles. The molecular weight excluding hydrogens is 272 g/mol. The molecule has 1 atom stereocenters. The molecule has 0 aliphatic carbocycles. The third kappa shape index (κ3) is 4.08. The molecule has 2 rings (SSSR count). The van der Waals surface area contributed by atoms with Crippen LogP contribution in [0.15, 0.2) is 54.6 Å². The van der Waals surface area contributed by atoms with Gasteiger partial charge < -0.3 is 11.1 Å². The summed E-state index contributed by atoms with van der Waals surface area (Å²) in [4.78, 5) is 11.9. The van der Waals surface area contributed by atoms with Crippen molar-refractivity contribution >= 4 is 23.2 Å². The molecule has 3 N–H and O–H groups in total.